The Labute approximate surface area is 229 Å². The first-order chi connectivity index (χ1) is 18.2. The quantitative estimate of drug-likeness (QED) is 0.242. The number of urea groups is 1. The van der Waals surface area contributed by atoms with Gasteiger partial charge in [-0.15, -0.1) is 0 Å². The molecule has 0 radical (unpaired) electrons. The van der Waals surface area contributed by atoms with Gasteiger partial charge in [-0.2, -0.15) is 0 Å². The number of unbranched alkanes of at least 4 members (excludes halogenated alkanes) is 1. The van der Waals surface area contributed by atoms with E-state index in [-0.39, 0.29) is 6.03 Å². The zero-order valence-electron chi connectivity index (χ0n) is 24.3. The second-order valence-electron chi connectivity index (χ2n) is 11.2. The minimum Gasteiger partial charge on any atom is -0.480 e. The molecule has 0 saturated heterocycles. The van der Waals surface area contributed by atoms with Crippen molar-refractivity contribution < 1.29 is 19.4 Å². The van der Waals surface area contributed by atoms with Crippen LogP contribution in [0.5, 0.6) is 0 Å². The van der Waals surface area contributed by atoms with E-state index in [1.807, 2.05) is 6.92 Å². The Morgan fingerprint density at radius 1 is 1.11 bits per heavy atom. The number of aliphatic carboxylic acids is 1. The monoisotopic (exact) mass is 533 g/mol. The SMILES string of the molecule is CCOCCN(CCCCc1ccc2c(n1)NCCC2)CCC(NC(=O)N(CC(C)C)CC(C)C)C(=O)O. The summed E-state index contributed by atoms with van der Waals surface area (Å²) in [6.07, 6.45) is 5.52. The highest BCUT2D eigenvalue weighted by atomic mass is 16.5. The number of carbonyl (C=O) groups is 2. The van der Waals surface area contributed by atoms with Gasteiger partial charge in [0.1, 0.15) is 11.9 Å². The molecule has 2 heterocycles. The van der Waals surface area contributed by atoms with Crippen molar-refractivity contribution in [3.8, 4) is 0 Å². The number of pyridine rings is 1. The van der Waals surface area contributed by atoms with Crippen LogP contribution >= 0.6 is 0 Å². The van der Waals surface area contributed by atoms with Gasteiger partial charge in [-0.25, -0.2) is 14.6 Å². The number of carboxylic acids is 1. The molecule has 1 atom stereocenters. The predicted molar refractivity (Wildman–Crippen MR) is 153 cm³/mol. The number of nitrogens with zero attached hydrogens (tertiary/aromatic N) is 3. The molecule has 0 bridgehead atoms. The summed E-state index contributed by atoms with van der Waals surface area (Å²) in [6.45, 7) is 15.8. The van der Waals surface area contributed by atoms with Crippen LogP contribution in [0.1, 0.15) is 71.6 Å². The van der Waals surface area contributed by atoms with E-state index in [2.05, 4.69) is 55.4 Å². The summed E-state index contributed by atoms with van der Waals surface area (Å²) in [5, 5.41) is 16.0. The summed E-state index contributed by atoms with van der Waals surface area (Å²) >= 11 is 0. The molecule has 216 valence electrons. The molecule has 38 heavy (non-hydrogen) atoms. The van der Waals surface area contributed by atoms with E-state index >= 15 is 0 Å². The largest absolute Gasteiger partial charge is 0.480 e. The number of hydrogen-bond donors (Lipinski definition) is 3. The molecule has 0 spiro atoms. The molecular formula is C29H51N5O4. The van der Waals surface area contributed by atoms with Crippen LogP contribution in [-0.4, -0.2) is 90.4 Å². The molecule has 1 aliphatic rings. The van der Waals surface area contributed by atoms with E-state index in [0.717, 1.165) is 63.3 Å². The molecule has 1 aromatic heterocycles. The first kappa shape index (κ1) is 31.8. The third kappa shape index (κ3) is 12.0. The number of hydrogen-bond acceptors (Lipinski definition) is 6. The molecule has 2 rings (SSSR count). The lowest BCUT2D eigenvalue weighted by molar-refractivity contribution is -0.139. The molecule has 2 amide bonds. The summed E-state index contributed by atoms with van der Waals surface area (Å²) in [7, 11) is 0. The summed E-state index contributed by atoms with van der Waals surface area (Å²) in [6, 6.07) is 3.11. The lowest BCUT2D eigenvalue weighted by Gasteiger charge is -2.29. The van der Waals surface area contributed by atoms with Crippen LogP contribution in [0, 0.1) is 11.8 Å². The third-order valence-corrected chi connectivity index (χ3v) is 6.65. The number of carboxylic acid groups (broad SMARTS) is 1. The average molecular weight is 534 g/mol. The Balaban J connectivity index is 1.88. The number of fused-ring (bicyclic) bond motifs is 1. The van der Waals surface area contributed by atoms with E-state index in [0.29, 0.717) is 51.1 Å². The Bertz CT molecular complexity index is 838. The number of ether oxygens (including phenoxy) is 1. The normalized spacial score (nSPS) is 13.9. The number of amides is 2. The van der Waals surface area contributed by atoms with Crippen molar-refractivity contribution in [1.29, 1.82) is 0 Å². The number of nitrogens with one attached hydrogen (secondary N) is 2. The van der Waals surface area contributed by atoms with Crippen LogP contribution in [0.15, 0.2) is 12.1 Å². The molecule has 0 aliphatic carbocycles. The maximum atomic E-state index is 12.9. The summed E-state index contributed by atoms with van der Waals surface area (Å²) in [5.41, 5.74) is 2.42. The number of aryl methyl sites for hydroxylation is 2. The van der Waals surface area contributed by atoms with Crippen molar-refractivity contribution in [1.82, 2.24) is 20.1 Å². The molecule has 9 heteroatoms. The molecule has 3 N–H and O–H groups in total. The number of rotatable bonds is 18. The van der Waals surface area contributed by atoms with Gasteiger partial charge >= 0.3 is 12.0 Å². The van der Waals surface area contributed by atoms with Crippen LogP contribution in [0.25, 0.3) is 0 Å². The third-order valence-electron chi connectivity index (χ3n) is 6.65. The van der Waals surface area contributed by atoms with E-state index < -0.39 is 12.0 Å². The predicted octanol–water partition coefficient (Wildman–Crippen LogP) is 4.27. The molecule has 1 aliphatic heterocycles. The van der Waals surface area contributed by atoms with Crippen molar-refractivity contribution in [2.75, 3.05) is 57.8 Å². The van der Waals surface area contributed by atoms with Gasteiger partial charge < -0.3 is 30.3 Å². The van der Waals surface area contributed by atoms with Gasteiger partial charge in [0.25, 0.3) is 0 Å². The lowest BCUT2D eigenvalue weighted by Crippen LogP contribution is -2.50. The summed E-state index contributed by atoms with van der Waals surface area (Å²) < 4.78 is 5.57. The van der Waals surface area contributed by atoms with Crippen LogP contribution in [0.3, 0.4) is 0 Å². The summed E-state index contributed by atoms with van der Waals surface area (Å²) in [4.78, 5) is 33.7. The number of anilines is 1. The van der Waals surface area contributed by atoms with Crippen LogP contribution in [-0.2, 0) is 22.4 Å². The fourth-order valence-corrected chi connectivity index (χ4v) is 4.75. The van der Waals surface area contributed by atoms with Crippen molar-refractivity contribution in [3.05, 3.63) is 23.4 Å². The Kier molecular flexibility index (Phi) is 14.4. The van der Waals surface area contributed by atoms with Crippen molar-refractivity contribution in [3.63, 3.8) is 0 Å². The van der Waals surface area contributed by atoms with Gasteiger partial charge in [0.15, 0.2) is 0 Å². The molecule has 0 aromatic carbocycles. The highest BCUT2D eigenvalue weighted by Gasteiger charge is 2.25. The molecule has 0 fully saturated rings. The Morgan fingerprint density at radius 2 is 1.84 bits per heavy atom. The second-order valence-corrected chi connectivity index (χ2v) is 11.2. The maximum Gasteiger partial charge on any atom is 0.326 e. The van der Waals surface area contributed by atoms with E-state index in [9.17, 15) is 14.7 Å². The van der Waals surface area contributed by atoms with E-state index in [1.54, 1.807) is 4.90 Å². The zero-order chi connectivity index (χ0) is 27.9. The smallest absolute Gasteiger partial charge is 0.326 e. The summed E-state index contributed by atoms with van der Waals surface area (Å²) in [5.74, 6) is 0.660. The van der Waals surface area contributed by atoms with Gasteiger partial charge in [-0.05, 0) is 75.5 Å². The highest BCUT2D eigenvalue weighted by Crippen LogP contribution is 2.20. The standard InChI is InChI=1S/C29H51N5O4/c1-6-38-19-18-33(16-8-7-11-25-13-12-24-10-9-15-30-27(24)31-25)17-14-26(28(35)36)32-29(37)34(20-22(2)3)21-23(4)5/h12-13,22-23,26H,6-11,14-21H2,1-5H3,(H,30,31)(H,32,37)(H,35,36). The van der Waals surface area contributed by atoms with Crippen LogP contribution in [0.4, 0.5) is 10.6 Å². The van der Waals surface area contributed by atoms with E-state index in [4.69, 9.17) is 9.72 Å². The minimum atomic E-state index is -0.996. The number of carbonyl (C=O) groups excluding carboxylic acids is 1. The Morgan fingerprint density at radius 3 is 2.50 bits per heavy atom. The van der Waals surface area contributed by atoms with Gasteiger partial charge in [-0.1, -0.05) is 33.8 Å². The maximum absolute atomic E-state index is 12.9. The van der Waals surface area contributed by atoms with E-state index in [1.165, 1.54) is 5.56 Å². The second kappa shape index (κ2) is 17.2. The van der Waals surface area contributed by atoms with Gasteiger partial charge in [0.2, 0.25) is 0 Å². The number of aromatic nitrogens is 1. The zero-order valence-corrected chi connectivity index (χ0v) is 24.3. The molecule has 1 unspecified atom stereocenters. The average Bonchev–Trinajstić information content (AvgIpc) is 2.87. The molecule has 0 saturated carbocycles. The minimum absolute atomic E-state index is 0.298. The van der Waals surface area contributed by atoms with Gasteiger partial charge in [0, 0.05) is 45.0 Å². The van der Waals surface area contributed by atoms with Crippen molar-refractivity contribution in [2.45, 2.75) is 79.2 Å². The lowest BCUT2D eigenvalue weighted by atomic mass is 10.1. The molecular weight excluding hydrogens is 482 g/mol. The highest BCUT2D eigenvalue weighted by molar-refractivity contribution is 5.82. The first-order valence-electron chi connectivity index (χ1n) is 14.5. The fraction of sp³-hybridized carbons (Fsp3) is 0.759. The van der Waals surface area contributed by atoms with Crippen molar-refractivity contribution in [2.24, 2.45) is 11.8 Å². The Hall–Kier alpha value is -2.39. The van der Waals surface area contributed by atoms with Crippen LogP contribution < -0.4 is 10.6 Å². The van der Waals surface area contributed by atoms with Gasteiger partial charge in [-0.3, -0.25) is 0 Å². The fourth-order valence-electron chi connectivity index (χ4n) is 4.75. The van der Waals surface area contributed by atoms with Crippen LogP contribution in [0.2, 0.25) is 0 Å². The van der Waals surface area contributed by atoms with Crippen molar-refractivity contribution >= 4 is 17.8 Å². The molecule has 1 aromatic rings. The first-order valence-corrected chi connectivity index (χ1v) is 14.5. The molecule has 9 nitrogen and oxygen atoms in total. The van der Waals surface area contributed by atoms with Gasteiger partial charge in [0.05, 0.1) is 6.61 Å². The topological polar surface area (TPSA) is 107 Å².